The third kappa shape index (κ3) is 1.54. The molecule has 0 aliphatic heterocycles. The van der Waals surface area contributed by atoms with Gasteiger partial charge >= 0.3 is 5.97 Å². The van der Waals surface area contributed by atoms with E-state index in [-0.39, 0.29) is 5.97 Å². The summed E-state index contributed by atoms with van der Waals surface area (Å²) in [6.45, 7) is 1.41. The lowest BCUT2D eigenvalue weighted by molar-refractivity contribution is -0.131. The van der Waals surface area contributed by atoms with Crippen LogP contribution in [0.2, 0.25) is 0 Å². The minimum atomic E-state index is -0.274. The van der Waals surface area contributed by atoms with E-state index in [1.165, 1.54) is 6.92 Å². The van der Waals surface area contributed by atoms with Crippen LogP contribution < -0.4 is 10.2 Å². The second-order valence-electron chi connectivity index (χ2n) is 3.56. The Morgan fingerprint density at radius 3 is 2.79 bits per heavy atom. The Kier molecular flexibility index (Phi) is 2.32. The topological polar surface area (TPSA) is 26.3 Å². The molecule has 70 valence electrons. The first-order chi connectivity index (χ1) is 6.68. The highest BCUT2D eigenvalue weighted by Gasteiger charge is 2.17. The van der Waals surface area contributed by atoms with Gasteiger partial charge in [-0.05, 0) is 36.5 Å². The van der Waals surface area contributed by atoms with Crippen LogP contribution in [0.5, 0.6) is 5.75 Å². The number of benzene rings is 1. The molecule has 0 unspecified atom stereocenters. The molecule has 2 nitrogen and oxygen atoms in total. The molecule has 0 saturated carbocycles. The molecule has 0 bridgehead atoms. The summed E-state index contributed by atoms with van der Waals surface area (Å²) in [6, 6.07) is 3.59. The average Bonchev–Trinajstić information content (AvgIpc) is 2.58. The van der Waals surface area contributed by atoms with Crippen molar-refractivity contribution in [3.8, 4) is 5.75 Å². The minimum Gasteiger partial charge on any atom is -0.426 e. The Hall–Kier alpha value is -1.25. The van der Waals surface area contributed by atoms with Crippen LogP contribution in [0.1, 0.15) is 24.5 Å². The fourth-order valence-electron chi connectivity index (χ4n) is 1.95. The summed E-state index contributed by atoms with van der Waals surface area (Å²) in [6.07, 6.45) is 3.05. The normalized spacial score (nSPS) is 13.8. The molecule has 0 N–H and O–H groups in total. The molecule has 0 atom stereocenters. The minimum absolute atomic E-state index is 0.274. The van der Waals surface area contributed by atoms with Crippen molar-refractivity contribution in [1.82, 2.24) is 0 Å². The summed E-state index contributed by atoms with van der Waals surface area (Å²) in [5.74, 6) is 0.406. The van der Waals surface area contributed by atoms with E-state index in [1.54, 1.807) is 6.07 Å². The fourth-order valence-corrected chi connectivity index (χ4v) is 1.95. The first kappa shape index (κ1) is 9.32. The van der Waals surface area contributed by atoms with E-state index in [9.17, 15) is 4.79 Å². The zero-order valence-electron chi connectivity index (χ0n) is 8.17. The molecule has 0 amide bonds. The van der Waals surface area contributed by atoms with Crippen molar-refractivity contribution in [2.75, 3.05) is 0 Å². The summed E-state index contributed by atoms with van der Waals surface area (Å²) >= 11 is 0. The number of esters is 1. The highest BCUT2D eigenvalue weighted by Crippen LogP contribution is 2.29. The molecule has 1 aromatic carbocycles. The Morgan fingerprint density at radius 1 is 1.36 bits per heavy atom. The zero-order valence-corrected chi connectivity index (χ0v) is 8.17. The molecule has 1 aliphatic rings. The second kappa shape index (κ2) is 3.48. The molecule has 0 fully saturated rings. The van der Waals surface area contributed by atoms with Crippen molar-refractivity contribution in [3.63, 3.8) is 0 Å². The fraction of sp³-hybridized carbons (Fsp3) is 0.364. The molecule has 1 aromatic rings. The molecule has 3 heteroatoms. The van der Waals surface area contributed by atoms with Crippen LogP contribution in [-0.2, 0) is 17.6 Å². The Bertz CT molecular complexity index is 385. The lowest BCUT2D eigenvalue weighted by Gasteiger charge is -2.09. The maximum absolute atomic E-state index is 10.8. The second-order valence-corrected chi connectivity index (χ2v) is 3.56. The van der Waals surface area contributed by atoms with Crippen molar-refractivity contribution in [3.05, 3.63) is 23.3 Å². The van der Waals surface area contributed by atoms with Gasteiger partial charge in [-0.3, -0.25) is 4.79 Å². The lowest BCUT2D eigenvalue weighted by atomic mass is 9.88. The molecule has 0 heterocycles. The molecular weight excluding hydrogens is 175 g/mol. The number of carbonyl (C=O) groups is 1. The molecule has 1 aliphatic carbocycles. The zero-order chi connectivity index (χ0) is 10.1. The quantitative estimate of drug-likeness (QED) is 0.370. The molecule has 0 aromatic heterocycles. The third-order valence-corrected chi connectivity index (χ3v) is 2.53. The highest BCUT2D eigenvalue weighted by atomic mass is 16.5. The van der Waals surface area contributed by atoms with Crippen LogP contribution >= 0.6 is 0 Å². The molecule has 2 rings (SSSR count). The van der Waals surface area contributed by atoms with Crippen molar-refractivity contribution >= 4 is 19.3 Å². The summed E-state index contributed by atoms with van der Waals surface area (Å²) in [4.78, 5) is 10.8. The molecule has 14 heavy (non-hydrogen) atoms. The van der Waals surface area contributed by atoms with Crippen LogP contribution in [-0.4, -0.2) is 13.8 Å². The van der Waals surface area contributed by atoms with Gasteiger partial charge in [-0.1, -0.05) is 11.5 Å². The van der Waals surface area contributed by atoms with Crippen molar-refractivity contribution in [1.29, 1.82) is 0 Å². The van der Waals surface area contributed by atoms with E-state index in [0.717, 1.165) is 35.9 Å². The monoisotopic (exact) mass is 186 g/mol. The van der Waals surface area contributed by atoms with Gasteiger partial charge in [0.25, 0.3) is 0 Å². The molecular formula is C11H11BO2. The standard InChI is InChI=1S/C11H11BO2/c1-7(13)14-11-6-5-10(12)8-3-2-4-9(8)11/h5-6H,2-4H2,1H3. The van der Waals surface area contributed by atoms with Crippen LogP contribution in [0.15, 0.2) is 12.1 Å². The molecule has 2 radical (unpaired) electrons. The number of ether oxygens (including phenoxy) is 1. The van der Waals surface area contributed by atoms with Gasteiger partial charge in [-0.15, -0.1) is 0 Å². The SMILES string of the molecule is [B]c1ccc(OC(C)=O)c2c1CCC2. The van der Waals surface area contributed by atoms with Gasteiger partial charge in [0, 0.05) is 6.92 Å². The van der Waals surface area contributed by atoms with Gasteiger partial charge in [0.05, 0.1) is 0 Å². The molecule has 0 saturated heterocycles. The Morgan fingerprint density at radius 2 is 2.07 bits per heavy atom. The first-order valence-electron chi connectivity index (χ1n) is 4.77. The maximum Gasteiger partial charge on any atom is 0.308 e. The molecule has 0 spiro atoms. The summed E-state index contributed by atoms with van der Waals surface area (Å²) in [5.41, 5.74) is 3.08. The average molecular weight is 186 g/mol. The van der Waals surface area contributed by atoms with E-state index in [0.29, 0.717) is 5.75 Å². The van der Waals surface area contributed by atoms with Gasteiger partial charge in [-0.25, -0.2) is 0 Å². The van der Waals surface area contributed by atoms with Crippen LogP contribution in [0.25, 0.3) is 0 Å². The Labute approximate surface area is 84.7 Å². The van der Waals surface area contributed by atoms with E-state index in [4.69, 9.17) is 12.6 Å². The van der Waals surface area contributed by atoms with E-state index >= 15 is 0 Å². The summed E-state index contributed by atoms with van der Waals surface area (Å²) in [7, 11) is 5.83. The van der Waals surface area contributed by atoms with Crippen LogP contribution in [0.4, 0.5) is 0 Å². The van der Waals surface area contributed by atoms with Crippen LogP contribution in [0.3, 0.4) is 0 Å². The van der Waals surface area contributed by atoms with E-state index < -0.39 is 0 Å². The van der Waals surface area contributed by atoms with Crippen molar-refractivity contribution in [2.24, 2.45) is 0 Å². The van der Waals surface area contributed by atoms with Gasteiger partial charge in [0.1, 0.15) is 13.6 Å². The maximum atomic E-state index is 10.8. The van der Waals surface area contributed by atoms with E-state index in [1.807, 2.05) is 6.07 Å². The van der Waals surface area contributed by atoms with Gasteiger partial charge in [0.15, 0.2) is 0 Å². The van der Waals surface area contributed by atoms with E-state index in [2.05, 4.69) is 0 Å². The smallest absolute Gasteiger partial charge is 0.308 e. The number of carbonyl (C=O) groups excluding carboxylic acids is 1. The van der Waals surface area contributed by atoms with Crippen molar-refractivity contribution < 1.29 is 9.53 Å². The summed E-state index contributed by atoms with van der Waals surface area (Å²) < 4.78 is 5.12. The number of rotatable bonds is 1. The summed E-state index contributed by atoms with van der Waals surface area (Å²) in [5, 5.41) is 0. The first-order valence-corrected chi connectivity index (χ1v) is 4.77. The third-order valence-electron chi connectivity index (χ3n) is 2.53. The predicted molar refractivity (Wildman–Crippen MR) is 55.2 cm³/mol. The van der Waals surface area contributed by atoms with Crippen LogP contribution in [0, 0.1) is 0 Å². The highest BCUT2D eigenvalue weighted by molar-refractivity contribution is 6.33. The lowest BCUT2D eigenvalue weighted by Crippen LogP contribution is -2.12. The number of hydrogen-bond donors (Lipinski definition) is 0. The van der Waals surface area contributed by atoms with Gasteiger partial charge in [0.2, 0.25) is 0 Å². The van der Waals surface area contributed by atoms with Crippen molar-refractivity contribution in [2.45, 2.75) is 26.2 Å². The number of hydrogen-bond acceptors (Lipinski definition) is 2. The largest absolute Gasteiger partial charge is 0.426 e. The Balaban J connectivity index is 2.43. The van der Waals surface area contributed by atoms with Gasteiger partial charge in [-0.2, -0.15) is 0 Å². The van der Waals surface area contributed by atoms with Gasteiger partial charge < -0.3 is 4.74 Å². The number of fused-ring (bicyclic) bond motifs is 1. The predicted octanol–water partition coefficient (Wildman–Crippen LogP) is 0.894.